The van der Waals surface area contributed by atoms with E-state index in [2.05, 4.69) is 21.5 Å². The number of nitriles is 1. The molecule has 7 heteroatoms. The van der Waals surface area contributed by atoms with E-state index in [4.69, 9.17) is 4.74 Å². The number of carbonyl (C=O) groups is 1. The number of carbonyl (C=O) groups excluding carboxylic acids is 1. The maximum absolute atomic E-state index is 12.2. The third kappa shape index (κ3) is 2.40. The third-order valence-electron chi connectivity index (χ3n) is 4.81. The number of cyclic esters (lactones) is 1. The fraction of sp³-hybridized carbons (Fsp3) is 0.412. The van der Waals surface area contributed by atoms with Crippen LogP contribution in [-0.4, -0.2) is 34.2 Å². The van der Waals surface area contributed by atoms with Crippen molar-refractivity contribution in [3.63, 3.8) is 0 Å². The standard InChI is InChI=1S/C17H17N5O2/c1-11-15(20-21-19-11)8-14-9-22(16(23)24-14)13-4-2-12(3-5-13)17(10-18)6-7-17/h2-5,14H,6-9H2,1H3,(H,19,20,21)/t14-/m1/s1. The summed E-state index contributed by atoms with van der Waals surface area (Å²) in [6, 6.07) is 10.0. The Morgan fingerprint density at radius 2 is 2.12 bits per heavy atom. The topological polar surface area (TPSA) is 94.9 Å². The van der Waals surface area contributed by atoms with E-state index in [0.717, 1.165) is 35.5 Å². The monoisotopic (exact) mass is 323 g/mol. The van der Waals surface area contributed by atoms with Gasteiger partial charge in [0.25, 0.3) is 0 Å². The van der Waals surface area contributed by atoms with Gasteiger partial charge in [-0.15, -0.1) is 0 Å². The molecule has 1 aliphatic carbocycles. The molecule has 0 spiro atoms. The molecule has 1 saturated heterocycles. The van der Waals surface area contributed by atoms with Gasteiger partial charge < -0.3 is 4.74 Å². The number of nitrogens with one attached hydrogen (secondary N) is 1. The molecule has 4 rings (SSSR count). The van der Waals surface area contributed by atoms with Gasteiger partial charge in [0.1, 0.15) is 6.10 Å². The van der Waals surface area contributed by atoms with Crippen LogP contribution in [0.25, 0.3) is 0 Å². The van der Waals surface area contributed by atoms with Crippen molar-refractivity contribution in [1.29, 1.82) is 5.26 Å². The van der Waals surface area contributed by atoms with Gasteiger partial charge in [-0.05, 0) is 37.5 Å². The minimum atomic E-state index is -0.352. The normalized spacial score (nSPS) is 21.4. The summed E-state index contributed by atoms with van der Waals surface area (Å²) in [5.41, 5.74) is 3.14. The number of benzene rings is 1. The van der Waals surface area contributed by atoms with Crippen LogP contribution in [0.2, 0.25) is 0 Å². The molecule has 1 atom stereocenters. The Kier molecular flexibility index (Phi) is 3.27. The van der Waals surface area contributed by atoms with Crippen molar-refractivity contribution in [3.05, 3.63) is 41.2 Å². The highest BCUT2D eigenvalue weighted by Gasteiger charge is 2.45. The Hall–Kier alpha value is -2.88. The summed E-state index contributed by atoms with van der Waals surface area (Å²) >= 11 is 0. The van der Waals surface area contributed by atoms with E-state index in [-0.39, 0.29) is 17.6 Å². The van der Waals surface area contributed by atoms with Crippen LogP contribution < -0.4 is 4.90 Å². The molecule has 2 heterocycles. The van der Waals surface area contributed by atoms with Crippen molar-refractivity contribution >= 4 is 11.8 Å². The lowest BCUT2D eigenvalue weighted by atomic mass is 9.97. The first-order chi connectivity index (χ1) is 11.6. The van der Waals surface area contributed by atoms with E-state index in [1.165, 1.54) is 0 Å². The van der Waals surface area contributed by atoms with E-state index < -0.39 is 0 Å². The Morgan fingerprint density at radius 1 is 1.38 bits per heavy atom. The van der Waals surface area contributed by atoms with Gasteiger partial charge in [0.15, 0.2) is 0 Å². The smallest absolute Gasteiger partial charge is 0.414 e. The summed E-state index contributed by atoms with van der Waals surface area (Å²) < 4.78 is 5.44. The van der Waals surface area contributed by atoms with Gasteiger partial charge in [-0.3, -0.25) is 4.90 Å². The quantitative estimate of drug-likeness (QED) is 0.931. The van der Waals surface area contributed by atoms with Gasteiger partial charge in [-0.2, -0.15) is 20.7 Å². The number of amides is 1. The average molecular weight is 323 g/mol. The van der Waals surface area contributed by atoms with Crippen LogP contribution in [0, 0.1) is 18.3 Å². The Morgan fingerprint density at radius 3 is 2.71 bits per heavy atom. The Bertz CT molecular complexity index is 816. The molecule has 2 aromatic rings. The number of anilines is 1. The number of hydrogen-bond acceptors (Lipinski definition) is 5. The molecule has 7 nitrogen and oxygen atoms in total. The zero-order valence-electron chi connectivity index (χ0n) is 13.3. The summed E-state index contributed by atoms with van der Waals surface area (Å²) in [5.74, 6) is 0. The van der Waals surface area contributed by atoms with Crippen molar-refractivity contribution in [3.8, 4) is 6.07 Å². The number of rotatable bonds is 4. The molecule has 1 aliphatic heterocycles. The lowest BCUT2D eigenvalue weighted by molar-refractivity contribution is 0.141. The third-order valence-corrected chi connectivity index (χ3v) is 4.81. The Balaban J connectivity index is 1.48. The van der Waals surface area contributed by atoms with Gasteiger partial charge in [-0.25, -0.2) is 4.79 Å². The van der Waals surface area contributed by atoms with Crippen molar-refractivity contribution in [2.75, 3.05) is 11.4 Å². The summed E-state index contributed by atoms with van der Waals surface area (Å²) in [5, 5.41) is 19.9. The number of hydrogen-bond donors (Lipinski definition) is 1. The summed E-state index contributed by atoms with van der Waals surface area (Å²) in [7, 11) is 0. The maximum atomic E-state index is 12.2. The van der Waals surface area contributed by atoms with Gasteiger partial charge in [0.05, 0.1) is 29.4 Å². The van der Waals surface area contributed by atoms with Crippen LogP contribution in [0.15, 0.2) is 24.3 Å². The molecule has 2 fully saturated rings. The van der Waals surface area contributed by atoms with E-state index in [1.54, 1.807) is 4.90 Å². The molecule has 2 aliphatic rings. The lowest BCUT2D eigenvalue weighted by Crippen LogP contribution is -2.25. The predicted octanol–water partition coefficient (Wildman–Crippen LogP) is 2.24. The number of aryl methyl sites for hydroxylation is 1. The molecule has 122 valence electrons. The van der Waals surface area contributed by atoms with E-state index >= 15 is 0 Å². The van der Waals surface area contributed by atoms with Gasteiger partial charge >= 0.3 is 6.09 Å². The summed E-state index contributed by atoms with van der Waals surface area (Å²) in [6.07, 6.45) is 1.77. The summed E-state index contributed by atoms with van der Waals surface area (Å²) in [6.45, 7) is 2.35. The zero-order valence-corrected chi connectivity index (χ0v) is 13.3. The lowest BCUT2D eigenvalue weighted by Gasteiger charge is -2.14. The van der Waals surface area contributed by atoms with Crippen molar-refractivity contribution < 1.29 is 9.53 Å². The molecule has 0 bridgehead atoms. The number of nitrogens with zero attached hydrogens (tertiary/aromatic N) is 4. The largest absolute Gasteiger partial charge is 0.444 e. The molecule has 1 saturated carbocycles. The second kappa shape index (κ2) is 5.34. The number of aromatic amines is 1. The highest BCUT2D eigenvalue weighted by Crippen LogP contribution is 2.47. The number of H-pyrrole nitrogens is 1. The van der Waals surface area contributed by atoms with Crippen LogP contribution in [0.4, 0.5) is 10.5 Å². The van der Waals surface area contributed by atoms with Gasteiger partial charge in [-0.1, -0.05) is 12.1 Å². The first-order valence-electron chi connectivity index (χ1n) is 7.97. The van der Waals surface area contributed by atoms with Crippen molar-refractivity contribution in [2.24, 2.45) is 0 Å². The number of ether oxygens (including phenoxy) is 1. The molecular formula is C17H17N5O2. The van der Waals surface area contributed by atoms with E-state index in [0.29, 0.717) is 13.0 Å². The summed E-state index contributed by atoms with van der Waals surface area (Å²) in [4.78, 5) is 13.8. The number of aromatic nitrogens is 3. The Labute approximate surface area is 139 Å². The molecule has 1 aromatic carbocycles. The highest BCUT2D eigenvalue weighted by molar-refractivity contribution is 5.89. The minimum Gasteiger partial charge on any atom is -0.444 e. The van der Waals surface area contributed by atoms with Gasteiger partial charge in [0.2, 0.25) is 0 Å². The molecule has 0 radical (unpaired) electrons. The second-order valence-corrected chi connectivity index (χ2v) is 6.42. The highest BCUT2D eigenvalue weighted by atomic mass is 16.6. The molecule has 1 N–H and O–H groups in total. The second-order valence-electron chi connectivity index (χ2n) is 6.42. The first kappa shape index (κ1) is 14.7. The molecule has 0 unspecified atom stereocenters. The van der Waals surface area contributed by atoms with Crippen LogP contribution in [-0.2, 0) is 16.6 Å². The van der Waals surface area contributed by atoms with Gasteiger partial charge in [0, 0.05) is 12.1 Å². The first-order valence-corrected chi connectivity index (χ1v) is 7.97. The fourth-order valence-electron chi connectivity index (χ4n) is 3.10. The van der Waals surface area contributed by atoms with Crippen LogP contribution >= 0.6 is 0 Å². The van der Waals surface area contributed by atoms with Crippen LogP contribution in [0.5, 0.6) is 0 Å². The molecule has 24 heavy (non-hydrogen) atoms. The van der Waals surface area contributed by atoms with E-state index in [9.17, 15) is 10.1 Å². The predicted molar refractivity (Wildman–Crippen MR) is 85.4 cm³/mol. The fourth-order valence-corrected chi connectivity index (χ4v) is 3.10. The van der Waals surface area contributed by atoms with E-state index in [1.807, 2.05) is 31.2 Å². The zero-order chi connectivity index (χ0) is 16.7. The van der Waals surface area contributed by atoms with Crippen molar-refractivity contribution in [2.45, 2.75) is 37.7 Å². The van der Waals surface area contributed by atoms with Crippen LogP contribution in [0.1, 0.15) is 29.8 Å². The van der Waals surface area contributed by atoms with Crippen molar-refractivity contribution in [1.82, 2.24) is 15.4 Å². The van der Waals surface area contributed by atoms with Crippen LogP contribution in [0.3, 0.4) is 0 Å². The average Bonchev–Trinajstić information content (AvgIpc) is 3.18. The molecule has 1 amide bonds. The molecular weight excluding hydrogens is 306 g/mol. The maximum Gasteiger partial charge on any atom is 0.414 e. The molecule has 1 aromatic heterocycles. The minimum absolute atomic E-state index is 0.241. The SMILES string of the molecule is Cc1n[nH]nc1C[C@@H]1CN(c2ccc(C3(C#N)CC3)cc2)C(=O)O1.